The van der Waals surface area contributed by atoms with Crippen molar-refractivity contribution in [2.75, 3.05) is 0 Å². The van der Waals surface area contributed by atoms with E-state index in [1.165, 1.54) is 18.2 Å². The number of aromatic hydroxyl groups is 1. The smallest absolute Gasteiger partial charge is 0.267 e. The molecule has 1 aromatic carbocycles. The van der Waals surface area contributed by atoms with Crippen molar-refractivity contribution >= 4 is 23.2 Å². The molecule has 1 heterocycles. The highest BCUT2D eigenvalue weighted by molar-refractivity contribution is 6.37. The summed E-state index contributed by atoms with van der Waals surface area (Å²) in [6.45, 7) is 3.77. The Balaban J connectivity index is 2.41. The number of halogens is 2. The fourth-order valence-electron chi connectivity index (χ4n) is 1.63. The summed E-state index contributed by atoms with van der Waals surface area (Å²) in [4.78, 5) is 11.6. The number of phenols is 1. The minimum absolute atomic E-state index is 0.0230. The quantitative estimate of drug-likeness (QED) is 0.905. The molecule has 2 rings (SSSR count). The third-order valence-corrected chi connectivity index (χ3v) is 3.18. The largest absolute Gasteiger partial charge is 0.508 e. The molecule has 0 unspecified atom stereocenters. The maximum atomic E-state index is 11.6. The maximum Gasteiger partial charge on any atom is 0.267 e. The monoisotopic (exact) mass is 314 g/mol. The third-order valence-electron chi connectivity index (χ3n) is 2.62. The highest BCUT2D eigenvalue weighted by atomic mass is 35.5. The summed E-state index contributed by atoms with van der Waals surface area (Å²) < 4.78 is 5.48. The Morgan fingerprint density at radius 2 is 1.85 bits per heavy atom. The first-order chi connectivity index (χ1) is 9.38. The molecule has 0 amide bonds. The van der Waals surface area contributed by atoms with Gasteiger partial charge in [-0.15, -0.1) is 5.10 Å². The van der Waals surface area contributed by atoms with E-state index < -0.39 is 0 Å². The van der Waals surface area contributed by atoms with Crippen molar-refractivity contribution < 1.29 is 9.84 Å². The van der Waals surface area contributed by atoms with Gasteiger partial charge in [-0.05, 0) is 5.92 Å². The predicted octanol–water partition coefficient (Wildman–Crippen LogP) is 3.70. The maximum absolute atomic E-state index is 11.6. The van der Waals surface area contributed by atoms with Crippen LogP contribution in [0.2, 0.25) is 10.0 Å². The first-order valence-corrected chi connectivity index (χ1v) is 6.59. The first-order valence-electron chi connectivity index (χ1n) is 5.84. The van der Waals surface area contributed by atoms with Crippen LogP contribution in [0.25, 0.3) is 0 Å². The van der Waals surface area contributed by atoms with Crippen LogP contribution in [0.4, 0.5) is 0 Å². The lowest BCUT2D eigenvalue weighted by Crippen LogP contribution is -2.15. The van der Waals surface area contributed by atoms with Crippen LogP contribution in [0.5, 0.6) is 17.4 Å². The van der Waals surface area contributed by atoms with Crippen molar-refractivity contribution in [2.45, 2.75) is 19.8 Å². The number of hydrogen-bond donors (Lipinski definition) is 2. The van der Waals surface area contributed by atoms with Gasteiger partial charge in [-0.3, -0.25) is 4.79 Å². The van der Waals surface area contributed by atoms with E-state index in [0.717, 1.165) is 0 Å². The summed E-state index contributed by atoms with van der Waals surface area (Å²) in [5, 5.41) is 15.8. The number of H-pyrrole nitrogens is 1. The van der Waals surface area contributed by atoms with E-state index in [4.69, 9.17) is 27.9 Å². The molecular formula is C13H12Cl2N2O3. The highest BCUT2D eigenvalue weighted by Gasteiger charge is 2.13. The van der Waals surface area contributed by atoms with Crippen molar-refractivity contribution in [2.24, 2.45) is 0 Å². The molecule has 0 aliphatic rings. The molecule has 7 heteroatoms. The first kappa shape index (κ1) is 14.7. The molecule has 0 saturated heterocycles. The zero-order chi connectivity index (χ0) is 14.9. The average molecular weight is 315 g/mol. The lowest BCUT2D eigenvalue weighted by molar-refractivity contribution is 0.446. The second-order valence-electron chi connectivity index (χ2n) is 4.49. The molecule has 0 bridgehead atoms. The molecule has 1 aromatic heterocycles. The molecule has 0 spiro atoms. The van der Waals surface area contributed by atoms with E-state index in [2.05, 4.69) is 10.2 Å². The molecule has 2 aromatic rings. The van der Waals surface area contributed by atoms with Gasteiger partial charge in [0.1, 0.15) is 5.75 Å². The van der Waals surface area contributed by atoms with Gasteiger partial charge in [0.15, 0.2) is 5.75 Å². The summed E-state index contributed by atoms with van der Waals surface area (Å²) in [5.74, 6) is 0.294. The Hall–Kier alpha value is -1.72. The van der Waals surface area contributed by atoms with E-state index >= 15 is 0 Å². The van der Waals surface area contributed by atoms with Crippen molar-refractivity contribution in [3.63, 3.8) is 0 Å². The molecule has 0 radical (unpaired) electrons. The predicted molar refractivity (Wildman–Crippen MR) is 77.1 cm³/mol. The Kier molecular flexibility index (Phi) is 4.20. The number of rotatable bonds is 3. The number of nitrogens with zero attached hydrogens (tertiary/aromatic N) is 1. The van der Waals surface area contributed by atoms with Crippen LogP contribution in [0.3, 0.4) is 0 Å². The molecule has 0 fully saturated rings. The van der Waals surface area contributed by atoms with Crippen LogP contribution in [-0.2, 0) is 0 Å². The summed E-state index contributed by atoms with van der Waals surface area (Å²) in [5.41, 5.74) is 0.274. The van der Waals surface area contributed by atoms with Crippen molar-refractivity contribution in [1.82, 2.24) is 10.2 Å². The second kappa shape index (κ2) is 5.73. The van der Waals surface area contributed by atoms with Crippen molar-refractivity contribution in [3.8, 4) is 17.4 Å². The fraction of sp³-hybridized carbons (Fsp3) is 0.231. The fourth-order valence-corrected chi connectivity index (χ4v) is 2.18. The van der Waals surface area contributed by atoms with Gasteiger partial charge in [0.2, 0.25) is 5.88 Å². The minimum Gasteiger partial charge on any atom is -0.508 e. The lowest BCUT2D eigenvalue weighted by Gasteiger charge is -2.10. The average Bonchev–Trinajstić information content (AvgIpc) is 2.35. The minimum atomic E-state index is -0.268. The Morgan fingerprint density at radius 3 is 2.40 bits per heavy atom. The van der Waals surface area contributed by atoms with E-state index in [1.807, 2.05) is 13.8 Å². The van der Waals surface area contributed by atoms with Crippen molar-refractivity contribution in [1.29, 1.82) is 0 Å². The highest BCUT2D eigenvalue weighted by Crippen LogP contribution is 2.38. The van der Waals surface area contributed by atoms with Gasteiger partial charge in [0, 0.05) is 23.8 Å². The van der Waals surface area contributed by atoms with Crippen LogP contribution < -0.4 is 10.3 Å². The van der Waals surface area contributed by atoms with Crippen LogP contribution >= 0.6 is 23.2 Å². The number of aromatic amines is 1. The van der Waals surface area contributed by atoms with Crippen LogP contribution in [-0.4, -0.2) is 15.3 Å². The molecule has 2 N–H and O–H groups in total. The number of hydrogen-bond acceptors (Lipinski definition) is 4. The van der Waals surface area contributed by atoms with E-state index in [9.17, 15) is 9.90 Å². The van der Waals surface area contributed by atoms with Gasteiger partial charge in [0.05, 0.1) is 10.0 Å². The Morgan fingerprint density at radius 1 is 1.25 bits per heavy atom. The topological polar surface area (TPSA) is 75.2 Å². The Bertz CT molecular complexity index is 675. The summed E-state index contributed by atoms with van der Waals surface area (Å²) in [7, 11) is 0. The number of nitrogens with one attached hydrogen (secondary N) is 1. The zero-order valence-corrected chi connectivity index (χ0v) is 12.3. The number of aromatic nitrogens is 2. The van der Waals surface area contributed by atoms with Gasteiger partial charge >= 0.3 is 0 Å². The standard InChI is InChI=1S/C13H12Cl2N2O3/c1-6(2)8-5-11(16-17-13(8)19)20-12-9(14)3-7(18)4-10(12)15/h3-6,18H,1-2H3,(H,17,19). The van der Waals surface area contributed by atoms with Crippen LogP contribution in [0.1, 0.15) is 25.3 Å². The zero-order valence-electron chi connectivity index (χ0n) is 10.8. The number of benzene rings is 1. The molecule has 0 atom stereocenters. The van der Waals surface area contributed by atoms with Crippen LogP contribution in [0.15, 0.2) is 23.0 Å². The second-order valence-corrected chi connectivity index (χ2v) is 5.30. The van der Waals surface area contributed by atoms with Gasteiger partial charge in [0.25, 0.3) is 5.56 Å². The van der Waals surface area contributed by atoms with Gasteiger partial charge in [-0.1, -0.05) is 37.0 Å². The number of ether oxygens (including phenoxy) is 1. The van der Waals surface area contributed by atoms with Gasteiger partial charge in [-0.25, -0.2) is 5.10 Å². The van der Waals surface area contributed by atoms with Crippen LogP contribution in [0, 0.1) is 0 Å². The van der Waals surface area contributed by atoms with Crippen molar-refractivity contribution in [3.05, 3.63) is 44.2 Å². The Labute approximate surface area is 125 Å². The van der Waals surface area contributed by atoms with E-state index in [1.54, 1.807) is 0 Å². The molecule has 106 valence electrons. The lowest BCUT2D eigenvalue weighted by atomic mass is 10.1. The molecule has 0 saturated carbocycles. The third kappa shape index (κ3) is 3.05. The number of phenolic OH excluding ortho intramolecular Hbond substituents is 1. The van der Waals surface area contributed by atoms with Gasteiger partial charge < -0.3 is 9.84 Å². The SMILES string of the molecule is CC(C)c1cc(Oc2c(Cl)cc(O)cc2Cl)n[nH]c1=O. The normalized spacial score (nSPS) is 10.8. The van der Waals surface area contributed by atoms with Gasteiger partial charge in [-0.2, -0.15) is 0 Å². The molecule has 0 aliphatic heterocycles. The van der Waals surface area contributed by atoms with E-state index in [-0.39, 0.29) is 38.9 Å². The molecule has 5 nitrogen and oxygen atoms in total. The van der Waals surface area contributed by atoms with E-state index in [0.29, 0.717) is 5.56 Å². The summed E-state index contributed by atoms with van der Waals surface area (Å²) >= 11 is 11.9. The molecule has 0 aliphatic carbocycles. The molecular weight excluding hydrogens is 303 g/mol. The summed E-state index contributed by atoms with van der Waals surface area (Å²) in [6, 6.07) is 4.14. The molecule has 20 heavy (non-hydrogen) atoms. The summed E-state index contributed by atoms with van der Waals surface area (Å²) in [6.07, 6.45) is 0.